The second-order valence-electron chi connectivity index (χ2n) is 5.29. The van der Waals surface area contributed by atoms with Crippen molar-refractivity contribution in [1.29, 1.82) is 0 Å². The molecule has 1 aromatic rings. The fourth-order valence-corrected chi connectivity index (χ4v) is 2.49. The van der Waals surface area contributed by atoms with Crippen molar-refractivity contribution in [3.8, 4) is 0 Å². The van der Waals surface area contributed by atoms with Gasteiger partial charge in [0.1, 0.15) is 5.69 Å². The van der Waals surface area contributed by atoms with Gasteiger partial charge in [-0.2, -0.15) is 0 Å². The highest BCUT2D eigenvalue weighted by Gasteiger charge is 2.27. The molecular formula is C13H20BF4N5O. The zero-order valence-corrected chi connectivity index (χ0v) is 13.6. The van der Waals surface area contributed by atoms with E-state index < -0.39 is 7.25 Å². The number of hydrogen-bond acceptors (Lipinski definition) is 5. The lowest BCUT2D eigenvalue weighted by molar-refractivity contribution is -0.354. The summed E-state index contributed by atoms with van der Waals surface area (Å²) >= 11 is 0. The maximum atomic E-state index is 9.75. The first-order valence-corrected chi connectivity index (χ1v) is 7.71. The van der Waals surface area contributed by atoms with E-state index in [1.54, 1.807) is 0 Å². The molecule has 1 saturated heterocycles. The minimum Gasteiger partial charge on any atom is -0.418 e. The van der Waals surface area contributed by atoms with Crippen molar-refractivity contribution in [2.45, 2.75) is 13.8 Å². The van der Waals surface area contributed by atoms with Crippen molar-refractivity contribution in [3.05, 3.63) is 5.69 Å². The fourth-order valence-electron chi connectivity index (χ4n) is 2.49. The lowest BCUT2D eigenvalue weighted by Crippen LogP contribution is -2.42. The molecule has 3 heterocycles. The van der Waals surface area contributed by atoms with Gasteiger partial charge in [0, 0.05) is 6.21 Å². The Hall–Kier alpha value is -1.91. The van der Waals surface area contributed by atoms with Crippen molar-refractivity contribution in [1.82, 2.24) is 4.98 Å². The second kappa shape index (κ2) is 7.78. The summed E-state index contributed by atoms with van der Waals surface area (Å²) in [5.74, 6) is 2.01. The number of ether oxygens (including phenoxy) is 1. The normalized spacial score (nSPS) is 17.2. The van der Waals surface area contributed by atoms with Gasteiger partial charge in [-0.05, 0) is 13.8 Å². The lowest BCUT2D eigenvalue weighted by Gasteiger charge is -2.26. The molecule has 3 rings (SSSR count). The molecule has 0 bridgehead atoms. The molecule has 0 saturated carbocycles. The Morgan fingerprint density at radius 1 is 1.25 bits per heavy atom. The van der Waals surface area contributed by atoms with Crippen molar-refractivity contribution < 1.29 is 27.0 Å². The predicted octanol–water partition coefficient (Wildman–Crippen LogP) is 1.88. The van der Waals surface area contributed by atoms with Crippen molar-refractivity contribution in [2.24, 2.45) is 4.99 Å². The first-order valence-electron chi connectivity index (χ1n) is 7.71. The van der Waals surface area contributed by atoms with E-state index >= 15 is 0 Å². The van der Waals surface area contributed by atoms with Gasteiger partial charge in [-0.1, -0.05) is 0 Å². The summed E-state index contributed by atoms with van der Waals surface area (Å²) in [7, 11) is -6.00. The third-order valence-corrected chi connectivity index (χ3v) is 3.60. The molecule has 1 aromatic heterocycles. The van der Waals surface area contributed by atoms with Crippen LogP contribution in [0.25, 0.3) is 0 Å². The second-order valence-corrected chi connectivity index (χ2v) is 5.29. The Kier molecular flexibility index (Phi) is 5.97. The maximum absolute atomic E-state index is 9.75. The van der Waals surface area contributed by atoms with E-state index in [9.17, 15) is 17.3 Å². The van der Waals surface area contributed by atoms with Gasteiger partial charge in [-0.3, -0.25) is 4.90 Å². The van der Waals surface area contributed by atoms with Crippen LogP contribution in [0.5, 0.6) is 0 Å². The number of halogens is 4. The summed E-state index contributed by atoms with van der Waals surface area (Å²) in [5, 5.41) is 0. The molecule has 2 aliphatic rings. The highest BCUT2D eigenvalue weighted by atomic mass is 19.5. The smallest absolute Gasteiger partial charge is 0.418 e. The number of anilines is 2. The first-order chi connectivity index (χ1) is 11.3. The number of morpholine rings is 1. The number of hydrogen-bond donors (Lipinski definition) is 0. The number of aliphatic imine (C=N–C) groups is 1. The number of rotatable bonds is 2. The van der Waals surface area contributed by atoms with E-state index in [-0.39, 0.29) is 0 Å². The standard InChI is InChI=1S/C13H19N5O.BF4/c1-3-17-5-4-14-11-10(2)15-13(16-12(11)17)18-6-8-19-9-7-18;2-1(3,4)5/h4H,3,5-9H2,1-2H3;/q;-1/p+1. The molecule has 0 atom stereocenters. The predicted molar refractivity (Wildman–Crippen MR) is 84.8 cm³/mol. The zero-order chi connectivity index (χ0) is 17.7. The number of aromatic nitrogens is 2. The Labute approximate surface area is 137 Å². The summed E-state index contributed by atoms with van der Waals surface area (Å²) in [6, 6.07) is 0. The maximum Gasteiger partial charge on any atom is 0.673 e. The number of H-pyrrole nitrogens is 1. The van der Waals surface area contributed by atoms with Crippen LogP contribution < -0.4 is 14.8 Å². The molecule has 0 unspecified atom stereocenters. The molecule has 2 aliphatic heterocycles. The number of nitrogens with zero attached hydrogens (tertiary/aromatic N) is 4. The molecule has 11 heteroatoms. The molecule has 0 aromatic carbocycles. The summed E-state index contributed by atoms with van der Waals surface area (Å²) in [4.78, 5) is 17.1. The summed E-state index contributed by atoms with van der Waals surface area (Å²) in [6.07, 6.45) is 1.95. The number of fused-ring (bicyclic) bond motifs is 1. The van der Waals surface area contributed by atoms with Crippen LogP contribution in [0.3, 0.4) is 0 Å². The Bertz CT molecular complexity index is 586. The van der Waals surface area contributed by atoms with Gasteiger partial charge < -0.3 is 26.9 Å². The van der Waals surface area contributed by atoms with Crippen molar-refractivity contribution >= 4 is 30.9 Å². The van der Waals surface area contributed by atoms with Crippen molar-refractivity contribution in [3.63, 3.8) is 0 Å². The fraction of sp³-hybridized carbons (Fsp3) is 0.615. The minimum atomic E-state index is -6.00. The van der Waals surface area contributed by atoms with Crippen LogP contribution in [0.4, 0.5) is 34.7 Å². The van der Waals surface area contributed by atoms with Gasteiger partial charge in [0.2, 0.25) is 5.82 Å². The minimum absolute atomic E-state index is 0.765. The van der Waals surface area contributed by atoms with Crippen LogP contribution in [-0.2, 0) is 4.74 Å². The van der Waals surface area contributed by atoms with E-state index in [0.717, 1.165) is 62.5 Å². The van der Waals surface area contributed by atoms with Crippen LogP contribution in [0.15, 0.2) is 4.99 Å². The lowest BCUT2D eigenvalue weighted by atomic mass is 10.3. The quantitative estimate of drug-likeness (QED) is 0.604. The molecule has 6 nitrogen and oxygen atoms in total. The van der Waals surface area contributed by atoms with Gasteiger partial charge in [0.25, 0.3) is 0 Å². The van der Waals surface area contributed by atoms with Crippen molar-refractivity contribution in [2.75, 3.05) is 49.2 Å². The van der Waals surface area contributed by atoms with E-state index in [1.165, 1.54) is 0 Å². The summed E-state index contributed by atoms with van der Waals surface area (Å²) in [5.41, 5.74) is 1.94. The van der Waals surface area contributed by atoms with E-state index in [4.69, 9.17) is 4.74 Å². The highest BCUT2D eigenvalue weighted by Crippen LogP contribution is 2.30. The van der Waals surface area contributed by atoms with Gasteiger partial charge in [-0.25, -0.2) is 9.98 Å². The summed E-state index contributed by atoms with van der Waals surface area (Å²) in [6.45, 7) is 9.29. The molecule has 0 radical (unpaired) electrons. The van der Waals surface area contributed by atoms with Crippen LogP contribution in [0, 0.1) is 6.92 Å². The monoisotopic (exact) mass is 349 g/mol. The van der Waals surface area contributed by atoms with E-state index in [1.807, 2.05) is 13.1 Å². The molecule has 134 valence electrons. The average Bonchev–Trinajstić information content (AvgIpc) is 2.53. The van der Waals surface area contributed by atoms with E-state index in [2.05, 4.69) is 31.7 Å². The molecule has 24 heavy (non-hydrogen) atoms. The van der Waals surface area contributed by atoms with Gasteiger partial charge >= 0.3 is 13.2 Å². The van der Waals surface area contributed by atoms with Gasteiger partial charge in [0.05, 0.1) is 39.4 Å². The Balaban J connectivity index is 0.000000368. The number of aryl methyl sites for hydroxylation is 1. The largest absolute Gasteiger partial charge is 0.673 e. The zero-order valence-electron chi connectivity index (χ0n) is 13.6. The van der Waals surface area contributed by atoms with Gasteiger partial charge in [-0.15, -0.1) is 4.98 Å². The third-order valence-electron chi connectivity index (χ3n) is 3.60. The number of aromatic amines is 1. The van der Waals surface area contributed by atoms with E-state index in [0.29, 0.717) is 0 Å². The molecule has 1 N–H and O–H groups in total. The first kappa shape index (κ1) is 18.4. The molecular weight excluding hydrogens is 329 g/mol. The van der Waals surface area contributed by atoms with Crippen LogP contribution >= 0.6 is 0 Å². The van der Waals surface area contributed by atoms with Crippen LogP contribution in [0.1, 0.15) is 12.6 Å². The van der Waals surface area contributed by atoms with Crippen LogP contribution in [-0.4, -0.2) is 57.8 Å². The third kappa shape index (κ3) is 5.05. The Morgan fingerprint density at radius 2 is 1.88 bits per heavy atom. The molecule has 0 aliphatic carbocycles. The topological polar surface area (TPSA) is 55.1 Å². The SMILES string of the molecule is CCN1CC=Nc2c(C)nc(N3CCOCC3)[nH+]c21.F[B-](F)(F)F. The molecule has 1 fully saturated rings. The summed E-state index contributed by atoms with van der Waals surface area (Å²) < 4.78 is 44.4. The van der Waals surface area contributed by atoms with Crippen LogP contribution in [0.2, 0.25) is 0 Å². The highest BCUT2D eigenvalue weighted by molar-refractivity contribution is 6.50. The number of nitrogens with one attached hydrogen (secondary N) is 1. The average molecular weight is 349 g/mol. The molecule has 0 spiro atoms. The Morgan fingerprint density at radius 3 is 2.46 bits per heavy atom. The van der Waals surface area contributed by atoms with Gasteiger partial charge in [0.15, 0.2) is 5.69 Å². The molecule has 0 amide bonds.